The van der Waals surface area contributed by atoms with Gasteiger partial charge in [0.05, 0.1) is 19.4 Å². The van der Waals surface area contributed by atoms with Crippen molar-refractivity contribution >= 4 is 5.91 Å². The SMILES string of the molecule is COc1cc(C)ccc1OCC(=O)NCC(c1ccco1)N1CCCCC1. The number of aryl methyl sites for hydroxylation is 1. The number of piperidine rings is 1. The number of likely N-dealkylation sites (tertiary alicyclic amines) is 1. The first-order valence-corrected chi connectivity index (χ1v) is 9.49. The van der Waals surface area contributed by atoms with Crippen molar-refractivity contribution in [1.82, 2.24) is 10.2 Å². The molecule has 1 aromatic heterocycles. The molecular formula is C21H28N2O4. The third-order valence-electron chi connectivity index (χ3n) is 4.87. The van der Waals surface area contributed by atoms with Crippen molar-refractivity contribution in [3.8, 4) is 11.5 Å². The van der Waals surface area contributed by atoms with Crippen LogP contribution in [0.1, 0.15) is 36.6 Å². The Kier molecular flexibility index (Phi) is 6.76. The van der Waals surface area contributed by atoms with Crippen LogP contribution in [0, 0.1) is 6.92 Å². The molecule has 27 heavy (non-hydrogen) atoms. The van der Waals surface area contributed by atoms with Crippen LogP contribution >= 0.6 is 0 Å². The first-order valence-electron chi connectivity index (χ1n) is 9.49. The van der Waals surface area contributed by atoms with Gasteiger partial charge >= 0.3 is 0 Å². The topological polar surface area (TPSA) is 63.9 Å². The highest BCUT2D eigenvalue weighted by Gasteiger charge is 2.25. The second-order valence-electron chi connectivity index (χ2n) is 6.87. The normalized spacial score (nSPS) is 15.9. The van der Waals surface area contributed by atoms with E-state index >= 15 is 0 Å². The van der Waals surface area contributed by atoms with Gasteiger partial charge in [-0.3, -0.25) is 9.69 Å². The molecular weight excluding hydrogens is 344 g/mol. The molecule has 1 aliphatic heterocycles. The first kappa shape index (κ1) is 19.3. The summed E-state index contributed by atoms with van der Waals surface area (Å²) < 4.78 is 16.6. The molecule has 1 unspecified atom stereocenters. The van der Waals surface area contributed by atoms with Crippen LogP contribution in [-0.4, -0.2) is 44.2 Å². The quantitative estimate of drug-likeness (QED) is 0.770. The van der Waals surface area contributed by atoms with Gasteiger partial charge in [0.1, 0.15) is 5.76 Å². The van der Waals surface area contributed by atoms with Crippen molar-refractivity contribution in [3.63, 3.8) is 0 Å². The van der Waals surface area contributed by atoms with Gasteiger partial charge in [-0.2, -0.15) is 0 Å². The van der Waals surface area contributed by atoms with Crippen LogP contribution in [-0.2, 0) is 4.79 Å². The molecule has 0 aliphatic carbocycles. The zero-order valence-electron chi connectivity index (χ0n) is 16.1. The molecule has 6 heteroatoms. The number of methoxy groups -OCH3 is 1. The molecule has 3 rings (SSSR count). The zero-order valence-corrected chi connectivity index (χ0v) is 16.1. The minimum absolute atomic E-state index is 0.0513. The lowest BCUT2D eigenvalue weighted by atomic mass is 10.1. The Morgan fingerprint density at radius 2 is 2.04 bits per heavy atom. The molecule has 1 aromatic carbocycles. The van der Waals surface area contributed by atoms with Crippen molar-refractivity contribution in [2.75, 3.05) is 33.4 Å². The molecule has 0 saturated carbocycles. The molecule has 1 N–H and O–H groups in total. The molecule has 2 heterocycles. The van der Waals surface area contributed by atoms with E-state index in [-0.39, 0.29) is 18.6 Å². The van der Waals surface area contributed by atoms with Gasteiger partial charge in [-0.15, -0.1) is 0 Å². The number of rotatable bonds is 8. The van der Waals surface area contributed by atoms with E-state index in [4.69, 9.17) is 13.9 Å². The van der Waals surface area contributed by atoms with Crippen LogP contribution in [0.4, 0.5) is 0 Å². The van der Waals surface area contributed by atoms with Gasteiger partial charge in [-0.25, -0.2) is 0 Å². The van der Waals surface area contributed by atoms with Crippen LogP contribution in [0.3, 0.4) is 0 Å². The van der Waals surface area contributed by atoms with Crippen molar-refractivity contribution in [2.24, 2.45) is 0 Å². The second kappa shape index (κ2) is 9.46. The summed E-state index contributed by atoms with van der Waals surface area (Å²) in [5.41, 5.74) is 1.08. The summed E-state index contributed by atoms with van der Waals surface area (Å²) in [6.07, 6.45) is 5.31. The summed E-state index contributed by atoms with van der Waals surface area (Å²) in [6, 6.07) is 9.55. The number of benzene rings is 1. The van der Waals surface area contributed by atoms with Crippen molar-refractivity contribution < 1.29 is 18.7 Å². The van der Waals surface area contributed by atoms with Crippen LogP contribution in [0.15, 0.2) is 41.0 Å². The summed E-state index contributed by atoms with van der Waals surface area (Å²) in [4.78, 5) is 14.7. The molecule has 0 bridgehead atoms. The Morgan fingerprint density at radius 3 is 2.74 bits per heavy atom. The van der Waals surface area contributed by atoms with E-state index < -0.39 is 0 Å². The van der Waals surface area contributed by atoms with Crippen LogP contribution in [0.5, 0.6) is 11.5 Å². The predicted molar refractivity (Wildman–Crippen MR) is 103 cm³/mol. The fraction of sp³-hybridized carbons (Fsp3) is 0.476. The molecule has 1 saturated heterocycles. The fourth-order valence-corrected chi connectivity index (χ4v) is 3.42. The summed E-state index contributed by atoms with van der Waals surface area (Å²) >= 11 is 0. The Balaban J connectivity index is 1.55. The number of amides is 1. The van der Waals surface area contributed by atoms with Crippen LogP contribution < -0.4 is 14.8 Å². The highest BCUT2D eigenvalue weighted by atomic mass is 16.5. The number of hydrogen-bond acceptors (Lipinski definition) is 5. The van der Waals surface area contributed by atoms with Crippen LogP contribution in [0.2, 0.25) is 0 Å². The fourth-order valence-electron chi connectivity index (χ4n) is 3.42. The zero-order chi connectivity index (χ0) is 19.1. The predicted octanol–water partition coefficient (Wildman–Crippen LogP) is 3.32. The number of carbonyl (C=O) groups is 1. The third kappa shape index (κ3) is 5.26. The Bertz CT molecular complexity index is 724. The number of hydrogen-bond donors (Lipinski definition) is 1. The van der Waals surface area contributed by atoms with Gasteiger partial charge in [0.15, 0.2) is 18.1 Å². The summed E-state index contributed by atoms with van der Waals surface area (Å²) in [7, 11) is 1.59. The lowest BCUT2D eigenvalue weighted by Crippen LogP contribution is -2.41. The van der Waals surface area contributed by atoms with E-state index in [9.17, 15) is 4.79 Å². The summed E-state index contributed by atoms with van der Waals surface area (Å²) in [5, 5.41) is 2.98. The molecule has 1 amide bonds. The Morgan fingerprint density at radius 1 is 1.22 bits per heavy atom. The smallest absolute Gasteiger partial charge is 0.258 e. The van der Waals surface area contributed by atoms with Crippen molar-refractivity contribution in [3.05, 3.63) is 47.9 Å². The van der Waals surface area contributed by atoms with Gasteiger partial charge in [-0.1, -0.05) is 12.5 Å². The third-order valence-corrected chi connectivity index (χ3v) is 4.87. The maximum absolute atomic E-state index is 12.3. The van der Waals surface area contributed by atoms with Gasteiger partial charge in [0, 0.05) is 6.54 Å². The number of carbonyl (C=O) groups excluding carboxylic acids is 1. The molecule has 2 aromatic rings. The number of nitrogens with one attached hydrogen (secondary N) is 1. The largest absolute Gasteiger partial charge is 0.493 e. The molecule has 0 spiro atoms. The minimum atomic E-state index is -0.161. The average Bonchev–Trinajstić information content (AvgIpc) is 3.22. The van der Waals surface area contributed by atoms with E-state index in [1.54, 1.807) is 13.4 Å². The highest BCUT2D eigenvalue weighted by Crippen LogP contribution is 2.28. The Hall–Kier alpha value is -2.47. The van der Waals surface area contributed by atoms with E-state index in [1.165, 1.54) is 19.3 Å². The first-order chi connectivity index (χ1) is 13.2. The number of nitrogens with zero attached hydrogens (tertiary/aromatic N) is 1. The van der Waals surface area contributed by atoms with E-state index in [0.717, 1.165) is 24.4 Å². The molecule has 0 radical (unpaired) electrons. The Labute approximate surface area is 160 Å². The van der Waals surface area contributed by atoms with Gasteiger partial charge < -0.3 is 19.2 Å². The summed E-state index contributed by atoms with van der Waals surface area (Å²) in [6.45, 7) is 4.48. The monoisotopic (exact) mass is 372 g/mol. The number of furan rings is 1. The molecule has 146 valence electrons. The molecule has 1 fully saturated rings. The van der Waals surface area contributed by atoms with Crippen molar-refractivity contribution in [2.45, 2.75) is 32.2 Å². The van der Waals surface area contributed by atoms with Gasteiger partial charge in [0.2, 0.25) is 0 Å². The second-order valence-corrected chi connectivity index (χ2v) is 6.87. The lowest BCUT2D eigenvalue weighted by Gasteiger charge is -2.33. The molecule has 6 nitrogen and oxygen atoms in total. The van der Waals surface area contributed by atoms with Gasteiger partial charge in [0.25, 0.3) is 5.91 Å². The standard InChI is InChI=1S/C21H28N2O4/c1-16-8-9-19(20(13-16)25-2)27-15-21(24)22-14-17(18-7-6-12-26-18)23-10-4-3-5-11-23/h6-9,12-13,17H,3-5,10-11,14-15H2,1-2H3,(H,22,24). The lowest BCUT2D eigenvalue weighted by molar-refractivity contribution is -0.123. The van der Waals surface area contributed by atoms with E-state index in [1.807, 2.05) is 37.3 Å². The van der Waals surface area contributed by atoms with Crippen LogP contribution in [0.25, 0.3) is 0 Å². The maximum atomic E-state index is 12.3. The number of ether oxygens (including phenoxy) is 2. The molecule has 1 aliphatic rings. The average molecular weight is 372 g/mol. The van der Waals surface area contributed by atoms with E-state index in [0.29, 0.717) is 18.0 Å². The van der Waals surface area contributed by atoms with Gasteiger partial charge in [-0.05, 0) is 62.7 Å². The molecule has 1 atom stereocenters. The summed E-state index contributed by atoms with van der Waals surface area (Å²) in [5.74, 6) is 1.92. The highest BCUT2D eigenvalue weighted by molar-refractivity contribution is 5.77. The van der Waals surface area contributed by atoms with Crippen molar-refractivity contribution in [1.29, 1.82) is 0 Å². The maximum Gasteiger partial charge on any atom is 0.258 e. The minimum Gasteiger partial charge on any atom is -0.493 e. The van der Waals surface area contributed by atoms with E-state index in [2.05, 4.69) is 10.2 Å².